The largest absolute Gasteiger partial charge is 0.494 e. The summed E-state index contributed by atoms with van der Waals surface area (Å²) in [5, 5.41) is 9.15. The van der Waals surface area contributed by atoms with E-state index in [1.165, 1.54) is 6.07 Å². The number of benzene rings is 1. The van der Waals surface area contributed by atoms with E-state index in [4.69, 9.17) is 9.84 Å². The zero-order valence-electron chi connectivity index (χ0n) is 9.38. The molecule has 2 nitrogen and oxygen atoms in total. The Balaban J connectivity index is 3.03. The van der Waals surface area contributed by atoms with Crippen LogP contribution in [0.3, 0.4) is 0 Å². The first-order valence-corrected chi connectivity index (χ1v) is 5.05. The molecule has 1 rings (SSSR count). The van der Waals surface area contributed by atoms with Gasteiger partial charge in [-0.25, -0.2) is 4.39 Å². The SMILES string of the molecule is CCOc1ccc(C(C)(C)CO)c(F)c1. The van der Waals surface area contributed by atoms with Crippen LogP contribution in [0.15, 0.2) is 18.2 Å². The summed E-state index contributed by atoms with van der Waals surface area (Å²) in [5.41, 5.74) is -0.0529. The molecule has 0 aromatic heterocycles. The lowest BCUT2D eigenvalue weighted by Crippen LogP contribution is -2.23. The molecule has 0 aliphatic rings. The van der Waals surface area contributed by atoms with Gasteiger partial charge in [0.05, 0.1) is 13.2 Å². The van der Waals surface area contributed by atoms with Gasteiger partial charge >= 0.3 is 0 Å². The van der Waals surface area contributed by atoms with E-state index in [0.717, 1.165) is 0 Å². The van der Waals surface area contributed by atoms with Crippen LogP contribution in [0, 0.1) is 5.82 Å². The molecule has 1 aromatic rings. The van der Waals surface area contributed by atoms with E-state index in [0.29, 0.717) is 17.9 Å². The number of rotatable bonds is 4. The van der Waals surface area contributed by atoms with Crippen LogP contribution in [-0.2, 0) is 5.41 Å². The lowest BCUT2D eigenvalue weighted by molar-refractivity contribution is 0.214. The van der Waals surface area contributed by atoms with Crippen LogP contribution in [0.2, 0.25) is 0 Å². The predicted octanol–water partition coefficient (Wildman–Crippen LogP) is 2.49. The van der Waals surface area contributed by atoms with Gasteiger partial charge in [-0.05, 0) is 18.6 Å². The van der Waals surface area contributed by atoms with Crippen molar-refractivity contribution < 1.29 is 14.2 Å². The van der Waals surface area contributed by atoms with E-state index in [1.54, 1.807) is 26.0 Å². The molecule has 1 aromatic carbocycles. The number of halogens is 1. The van der Waals surface area contributed by atoms with Gasteiger partial charge in [0.1, 0.15) is 11.6 Å². The van der Waals surface area contributed by atoms with Crippen molar-refractivity contribution in [3.63, 3.8) is 0 Å². The zero-order chi connectivity index (χ0) is 11.5. The zero-order valence-corrected chi connectivity index (χ0v) is 9.38. The van der Waals surface area contributed by atoms with Crippen molar-refractivity contribution >= 4 is 0 Å². The number of hydrogen-bond acceptors (Lipinski definition) is 2. The Bertz CT molecular complexity index is 334. The minimum Gasteiger partial charge on any atom is -0.494 e. The first-order valence-electron chi connectivity index (χ1n) is 5.05. The van der Waals surface area contributed by atoms with Crippen LogP contribution < -0.4 is 4.74 Å². The molecule has 0 bridgehead atoms. The number of hydrogen-bond donors (Lipinski definition) is 1. The van der Waals surface area contributed by atoms with Crippen LogP contribution in [0.25, 0.3) is 0 Å². The quantitative estimate of drug-likeness (QED) is 0.830. The van der Waals surface area contributed by atoms with Gasteiger partial charge in [0.25, 0.3) is 0 Å². The Morgan fingerprint density at radius 2 is 2.07 bits per heavy atom. The second-order valence-corrected chi connectivity index (χ2v) is 4.12. The molecule has 0 spiro atoms. The molecular weight excluding hydrogens is 195 g/mol. The molecule has 0 amide bonds. The Kier molecular flexibility index (Phi) is 3.69. The predicted molar refractivity (Wildman–Crippen MR) is 57.7 cm³/mol. The van der Waals surface area contributed by atoms with Crippen molar-refractivity contribution in [1.29, 1.82) is 0 Å². The normalized spacial score (nSPS) is 11.5. The van der Waals surface area contributed by atoms with Gasteiger partial charge < -0.3 is 9.84 Å². The molecule has 0 atom stereocenters. The summed E-state index contributed by atoms with van der Waals surface area (Å²) in [6.07, 6.45) is 0. The molecule has 0 radical (unpaired) electrons. The van der Waals surface area contributed by atoms with Gasteiger partial charge in [0, 0.05) is 11.5 Å². The third kappa shape index (κ3) is 2.69. The molecule has 84 valence electrons. The van der Waals surface area contributed by atoms with Crippen molar-refractivity contribution in [2.24, 2.45) is 0 Å². The third-order valence-corrected chi connectivity index (χ3v) is 2.38. The molecule has 15 heavy (non-hydrogen) atoms. The first kappa shape index (κ1) is 12.0. The van der Waals surface area contributed by atoms with E-state index in [1.807, 2.05) is 6.92 Å². The highest BCUT2D eigenvalue weighted by atomic mass is 19.1. The molecule has 0 aliphatic heterocycles. The maximum absolute atomic E-state index is 13.7. The standard InChI is InChI=1S/C12H17FO2/c1-4-15-9-5-6-10(11(13)7-9)12(2,3)8-14/h5-7,14H,4,8H2,1-3H3. The average Bonchev–Trinajstić information content (AvgIpc) is 2.18. The molecule has 0 saturated heterocycles. The molecular formula is C12H17FO2. The highest BCUT2D eigenvalue weighted by Crippen LogP contribution is 2.27. The second-order valence-electron chi connectivity index (χ2n) is 4.12. The Morgan fingerprint density at radius 1 is 1.40 bits per heavy atom. The Labute approximate surface area is 89.7 Å². The van der Waals surface area contributed by atoms with Crippen LogP contribution >= 0.6 is 0 Å². The summed E-state index contributed by atoms with van der Waals surface area (Å²) >= 11 is 0. The van der Waals surface area contributed by atoms with E-state index >= 15 is 0 Å². The van der Waals surface area contributed by atoms with Crippen LogP contribution in [0.1, 0.15) is 26.3 Å². The number of aliphatic hydroxyl groups is 1. The fourth-order valence-electron chi connectivity index (χ4n) is 1.39. The monoisotopic (exact) mass is 212 g/mol. The summed E-state index contributed by atoms with van der Waals surface area (Å²) in [7, 11) is 0. The fraction of sp³-hybridized carbons (Fsp3) is 0.500. The Hall–Kier alpha value is -1.09. The van der Waals surface area contributed by atoms with Gasteiger partial charge in [0.15, 0.2) is 0 Å². The van der Waals surface area contributed by atoms with Gasteiger partial charge in [-0.1, -0.05) is 19.9 Å². The van der Waals surface area contributed by atoms with Gasteiger partial charge in [-0.2, -0.15) is 0 Å². The van der Waals surface area contributed by atoms with Crippen molar-refractivity contribution in [3.05, 3.63) is 29.6 Å². The lowest BCUT2D eigenvalue weighted by atomic mass is 9.85. The van der Waals surface area contributed by atoms with E-state index in [2.05, 4.69) is 0 Å². The van der Waals surface area contributed by atoms with Gasteiger partial charge in [0.2, 0.25) is 0 Å². The number of aliphatic hydroxyl groups excluding tert-OH is 1. The highest BCUT2D eigenvalue weighted by Gasteiger charge is 2.23. The molecule has 1 N–H and O–H groups in total. The smallest absolute Gasteiger partial charge is 0.130 e. The molecule has 0 heterocycles. The van der Waals surface area contributed by atoms with Gasteiger partial charge in [-0.15, -0.1) is 0 Å². The molecule has 0 unspecified atom stereocenters. The maximum Gasteiger partial charge on any atom is 0.130 e. The van der Waals surface area contributed by atoms with Crippen molar-refractivity contribution in [2.45, 2.75) is 26.2 Å². The summed E-state index contributed by atoms with van der Waals surface area (Å²) in [5.74, 6) is 0.187. The van der Waals surface area contributed by atoms with Crippen molar-refractivity contribution in [3.8, 4) is 5.75 Å². The van der Waals surface area contributed by atoms with Crippen LogP contribution in [0.5, 0.6) is 5.75 Å². The summed E-state index contributed by atoms with van der Waals surface area (Å²) < 4.78 is 18.9. The van der Waals surface area contributed by atoms with E-state index in [-0.39, 0.29) is 12.4 Å². The molecule has 0 fully saturated rings. The summed E-state index contributed by atoms with van der Waals surface area (Å²) in [6, 6.07) is 4.74. The van der Waals surface area contributed by atoms with Gasteiger partial charge in [-0.3, -0.25) is 0 Å². The number of ether oxygens (including phenoxy) is 1. The second kappa shape index (κ2) is 4.62. The summed E-state index contributed by atoms with van der Waals surface area (Å²) in [6.45, 7) is 5.88. The lowest BCUT2D eigenvalue weighted by Gasteiger charge is -2.23. The van der Waals surface area contributed by atoms with E-state index < -0.39 is 5.41 Å². The summed E-state index contributed by atoms with van der Waals surface area (Å²) in [4.78, 5) is 0. The first-order chi connectivity index (χ1) is 7.01. The fourth-order valence-corrected chi connectivity index (χ4v) is 1.39. The van der Waals surface area contributed by atoms with E-state index in [9.17, 15) is 4.39 Å². The van der Waals surface area contributed by atoms with Crippen molar-refractivity contribution in [1.82, 2.24) is 0 Å². The molecule has 3 heteroatoms. The van der Waals surface area contributed by atoms with Crippen LogP contribution in [-0.4, -0.2) is 18.3 Å². The molecule has 0 saturated carbocycles. The molecule has 0 aliphatic carbocycles. The minimum absolute atomic E-state index is 0.0854. The topological polar surface area (TPSA) is 29.5 Å². The highest BCUT2D eigenvalue weighted by molar-refractivity contribution is 5.33. The average molecular weight is 212 g/mol. The maximum atomic E-state index is 13.7. The third-order valence-electron chi connectivity index (χ3n) is 2.38. The Morgan fingerprint density at radius 3 is 2.53 bits per heavy atom. The van der Waals surface area contributed by atoms with Crippen molar-refractivity contribution in [2.75, 3.05) is 13.2 Å². The minimum atomic E-state index is -0.561. The van der Waals surface area contributed by atoms with Crippen LogP contribution in [0.4, 0.5) is 4.39 Å².